The topological polar surface area (TPSA) is 53.0 Å². The molecular formula is C11H15N3. The van der Waals surface area contributed by atoms with Crippen LogP contribution in [0.4, 0.5) is 5.69 Å². The Balaban J connectivity index is 2.83. The van der Waals surface area contributed by atoms with Gasteiger partial charge >= 0.3 is 0 Å². The van der Waals surface area contributed by atoms with Crippen LogP contribution in [0.1, 0.15) is 11.1 Å². The maximum Gasteiger partial charge on any atom is 0.101 e. The molecule has 0 saturated carbocycles. The van der Waals surface area contributed by atoms with Gasteiger partial charge < -0.3 is 10.6 Å². The van der Waals surface area contributed by atoms with E-state index in [2.05, 4.69) is 11.0 Å². The Bertz CT molecular complexity index is 350. The van der Waals surface area contributed by atoms with Gasteiger partial charge in [-0.25, -0.2) is 0 Å². The lowest BCUT2D eigenvalue weighted by Gasteiger charge is -2.11. The van der Waals surface area contributed by atoms with Crippen LogP contribution >= 0.6 is 0 Å². The molecule has 1 aromatic carbocycles. The van der Waals surface area contributed by atoms with Crippen LogP contribution in [0.2, 0.25) is 0 Å². The molecule has 1 rings (SSSR count). The van der Waals surface area contributed by atoms with Crippen LogP contribution in [0, 0.1) is 11.3 Å². The van der Waals surface area contributed by atoms with Crippen molar-refractivity contribution in [1.29, 1.82) is 5.26 Å². The molecule has 1 aromatic rings. The minimum atomic E-state index is 0.571. The summed E-state index contributed by atoms with van der Waals surface area (Å²) in [6.07, 6.45) is 0.883. The summed E-state index contributed by atoms with van der Waals surface area (Å²) in [5, 5.41) is 8.78. The summed E-state index contributed by atoms with van der Waals surface area (Å²) in [5.74, 6) is 0. The van der Waals surface area contributed by atoms with Crippen molar-refractivity contribution in [3.63, 3.8) is 0 Å². The van der Waals surface area contributed by atoms with Gasteiger partial charge in [-0.1, -0.05) is 12.1 Å². The lowest BCUT2D eigenvalue weighted by Crippen LogP contribution is -2.15. The number of para-hydroxylation sites is 1. The van der Waals surface area contributed by atoms with Crippen molar-refractivity contribution >= 4 is 5.69 Å². The largest absolute Gasteiger partial charge is 0.397 e. The molecule has 0 fully saturated rings. The zero-order valence-corrected chi connectivity index (χ0v) is 8.62. The third-order valence-electron chi connectivity index (χ3n) is 2.15. The van der Waals surface area contributed by atoms with Crippen LogP contribution in [0.25, 0.3) is 0 Å². The highest BCUT2D eigenvalue weighted by Crippen LogP contribution is 2.16. The predicted octanol–water partition coefficient (Wildman–Crippen LogP) is 1.24. The van der Waals surface area contributed by atoms with E-state index >= 15 is 0 Å². The fourth-order valence-corrected chi connectivity index (χ4v) is 1.27. The molecule has 0 aliphatic rings. The first-order valence-electron chi connectivity index (χ1n) is 4.57. The number of likely N-dealkylation sites (N-methyl/N-ethyl adjacent to an activating group) is 1. The quantitative estimate of drug-likeness (QED) is 0.728. The summed E-state index contributed by atoms with van der Waals surface area (Å²) in [4.78, 5) is 2.10. The van der Waals surface area contributed by atoms with Crippen LogP contribution in [0.15, 0.2) is 18.2 Å². The van der Waals surface area contributed by atoms with Crippen LogP contribution < -0.4 is 5.73 Å². The van der Waals surface area contributed by atoms with Crippen molar-refractivity contribution in [2.45, 2.75) is 6.42 Å². The fraction of sp³-hybridized carbons (Fsp3) is 0.364. The van der Waals surface area contributed by atoms with E-state index in [9.17, 15) is 0 Å². The van der Waals surface area contributed by atoms with Gasteiger partial charge in [-0.15, -0.1) is 0 Å². The first-order valence-corrected chi connectivity index (χ1v) is 4.57. The smallest absolute Gasteiger partial charge is 0.101 e. The normalized spacial score (nSPS) is 10.1. The second-order valence-electron chi connectivity index (χ2n) is 3.54. The number of nitriles is 1. The van der Waals surface area contributed by atoms with Crippen molar-refractivity contribution in [2.75, 3.05) is 26.4 Å². The van der Waals surface area contributed by atoms with E-state index in [0.29, 0.717) is 11.3 Å². The lowest BCUT2D eigenvalue weighted by molar-refractivity contribution is 0.414. The molecule has 3 nitrogen and oxygen atoms in total. The van der Waals surface area contributed by atoms with Gasteiger partial charge in [0.05, 0.1) is 11.3 Å². The van der Waals surface area contributed by atoms with Crippen LogP contribution in [0.5, 0.6) is 0 Å². The SMILES string of the molecule is CN(C)CCc1cccc(C#N)c1N. The molecule has 0 atom stereocenters. The molecular weight excluding hydrogens is 174 g/mol. The molecule has 14 heavy (non-hydrogen) atoms. The summed E-state index contributed by atoms with van der Waals surface area (Å²) < 4.78 is 0. The summed E-state index contributed by atoms with van der Waals surface area (Å²) in [7, 11) is 4.04. The summed E-state index contributed by atoms with van der Waals surface area (Å²) in [6.45, 7) is 0.944. The summed E-state index contributed by atoms with van der Waals surface area (Å²) in [6, 6.07) is 7.68. The minimum absolute atomic E-state index is 0.571. The first kappa shape index (κ1) is 10.6. The number of anilines is 1. The van der Waals surface area contributed by atoms with E-state index in [4.69, 9.17) is 11.0 Å². The van der Waals surface area contributed by atoms with Gasteiger partial charge in [0.25, 0.3) is 0 Å². The number of rotatable bonds is 3. The number of nitrogens with two attached hydrogens (primary N) is 1. The van der Waals surface area contributed by atoms with Crippen molar-refractivity contribution < 1.29 is 0 Å². The molecule has 0 amide bonds. The van der Waals surface area contributed by atoms with Gasteiger partial charge in [-0.3, -0.25) is 0 Å². The zero-order valence-electron chi connectivity index (χ0n) is 8.62. The number of nitrogens with zero attached hydrogens (tertiary/aromatic N) is 2. The Morgan fingerprint density at radius 2 is 2.14 bits per heavy atom. The highest BCUT2D eigenvalue weighted by atomic mass is 15.0. The second-order valence-corrected chi connectivity index (χ2v) is 3.54. The molecule has 74 valence electrons. The Kier molecular flexibility index (Phi) is 3.49. The van der Waals surface area contributed by atoms with E-state index in [1.54, 1.807) is 6.07 Å². The molecule has 3 heteroatoms. The summed E-state index contributed by atoms with van der Waals surface area (Å²) in [5.41, 5.74) is 8.09. The average Bonchev–Trinajstić information content (AvgIpc) is 2.16. The predicted molar refractivity (Wildman–Crippen MR) is 57.8 cm³/mol. The van der Waals surface area contributed by atoms with Gasteiger partial charge in [-0.05, 0) is 32.1 Å². The van der Waals surface area contributed by atoms with Crippen LogP contribution in [-0.4, -0.2) is 25.5 Å². The van der Waals surface area contributed by atoms with E-state index in [-0.39, 0.29) is 0 Å². The van der Waals surface area contributed by atoms with Crippen LogP contribution in [-0.2, 0) is 6.42 Å². The first-order chi connectivity index (χ1) is 6.65. The molecule has 0 unspecified atom stereocenters. The number of hydrogen-bond acceptors (Lipinski definition) is 3. The van der Waals surface area contributed by atoms with E-state index in [0.717, 1.165) is 18.5 Å². The van der Waals surface area contributed by atoms with Crippen molar-refractivity contribution in [3.05, 3.63) is 29.3 Å². The Morgan fingerprint density at radius 1 is 1.43 bits per heavy atom. The lowest BCUT2D eigenvalue weighted by atomic mass is 10.1. The van der Waals surface area contributed by atoms with E-state index < -0.39 is 0 Å². The van der Waals surface area contributed by atoms with Crippen molar-refractivity contribution in [3.8, 4) is 6.07 Å². The Hall–Kier alpha value is -1.53. The molecule has 0 heterocycles. The minimum Gasteiger partial charge on any atom is -0.397 e. The van der Waals surface area contributed by atoms with E-state index in [1.165, 1.54) is 0 Å². The molecule has 2 N–H and O–H groups in total. The van der Waals surface area contributed by atoms with Gasteiger partial charge in [0.1, 0.15) is 6.07 Å². The van der Waals surface area contributed by atoms with E-state index in [1.807, 2.05) is 26.2 Å². The Labute approximate surface area is 84.7 Å². The summed E-state index contributed by atoms with van der Waals surface area (Å²) >= 11 is 0. The molecule has 0 aliphatic heterocycles. The number of benzene rings is 1. The number of nitrogen functional groups attached to an aromatic ring is 1. The molecule has 0 saturated heterocycles. The zero-order chi connectivity index (χ0) is 10.6. The van der Waals surface area contributed by atoms with Crippen molar-refractivity contribution in [1.82, 2.24) is 4.90 Å². The number of hydrogen-bond donors (Lipinski definition) is 1. The highest BCUT2D eigenvalue weighted by Gasteiger charge is 2.03. The maximum absolute atomic E-state index is 8.78. The molecule has 0 spiro atoms. The molecule has 0 radical (unpaired) electrons. The van der Waals surface area contributed by atoms with Gasteiger partial charge in [0.15, 0.2) is 0 Å². The van der Waals surface area contributed by atoms with Crippen LogP contribution in [0.3, 0.4) is 0 Å². The van der Waals surface area contributed by atoms with Gasteiger partial charge in [0, 0.05) is 6.54 Å². The van der Waals surface area contributed by atoms with Gasteiger partial charge in [0.2, 0.25) is 0 Å². The van der Waals surface area contributed by atoms with Crippen molar-refractivity contribution in [2.24, 2.45) is 0 Å². The Morgan fingerprint density at radius 3 is 2.71 bits per heavy atom. The second kappa shape index (κ2) is 4.64. The maximum atomic E-state index is 8.78. The third-order valence-corrected chi connectivity index (χ3v) is 2.15. The fourth-order valence-electron chi connectivity index (χ4n) is 1.27. The molecule has 0 aromatic heterocycles. The molecule has 0 bridgehead atoms. The molecule has 0 aliphatic carbocycles. The standard InChI is InChI=1S/C11H15N3/c1-14(2)7-6-9-4-3-5-10(8-12)11(9)13/h3-5H,6-7,13H2,1-2H3. The third kappa shape index (κ3) is 2.48. The monoisotopic (exact) mass is 189 g/mol. The average molecular weight is 189 g/mol. The highest BCUT2D eigenvalue weighted by molar-refractivity contribution is 5.59. The van der Waals surface area contributed by atoms with Gasteiger partial charge in [-0.2, -0.15) is 5.26 Å².